The van der Waals surface area contributed by atoms with Crippen LogP contribution in [0.1, 0.15) is 46.8 Å². The van der Waals surface area contributed by atoms with Crippen molar-refractivity contribution in [3.8, 4) is 11.5 Å². The maximum absolute atomic E-state index is 12.9. The summed E-state index contributed by atoms with van der Waals surface area (Å²) in [6, 6.07) is 11.9. The molecule has 0 unspecified atom stereocenters. The highest BCUT2D eigenvalue weighted by Gasteiger charge is 2.16. The molecule has 5 heteroatoms. The molecule has 29 heavy (non-hydrogen) atoms. The van der Waals surface area contributed by atoms with E-state index in [4.69, 9.17) is 9.47 Å². The van der Waals surface area contributed by atoms with Crippen LogP contribution in [0.4, 0.5) is 0 Å². The first-order chi connectivity index (χ1) is 14.2. The van der Waals surface area contributed by atoms with Crippen LogP contribution in [0, 0.1) is 0 Å². The molecule has 0 spiro atoms. The highest BCUT2D eigenvalue weighted by atomic mass is 16.5. The lowest BCUT2D eigenvalue weighted by atomic mass is 10.1. The number of rotatable bonds is 8. The number of methoxy groups -OCH3 is 2. The van der Waals surface area contributed by atoms with Crippen molar-refractivity contribution >= 4 is 12.0 Å². The molecule has 1 fully saturated rings. The number of likely N-dealkylation sites (tertiary alicyclic amines) is 1. The SMILES string of the molecule is C/C=C/c1cc(C(=O)NCc2ccccc2CN2CCCC2)cc(OC)c1OC. The average Bonchev–Trinajstić information content (AvgIpc) is 3.25. The van der Waals surface area contributed by atoms with Crippen molar-refractivity contribution < 1.29 is 14.3 Å². The number of benzene rings is 2. The highest BCUT2D eigenvalue weighted by molar-refractivity contribution is 5.96. The van der Waals surface area contributed by atoms with Crippen LogP contribution < -0.4 is 14.8 Å². The third-order valence-electron chi connectivity index (χ3n) is 5.27. The first-order valence-electron chi connectivity index (χ1n) is 10.1. The molecule has 5 nitrogen and oxygen atoms in total. The molecule has 0 aromatic heterocycles. The number of nitrogens with one attached hydrogen (secondary N) is 1. The van der Waals surface area contributed by atoms with E-state index >= 15 is 0 Å². The molecule has 2 aromatic rings. The maximum atomic E-state index is 12.9. The van der Waals surface area contributed by atoms with Gasteiger partial charge in [0.15, 0.2) is 11.5 Å². The standard InChI is InChI=1S/C24H30N2O3/c1-4-9-18-14-21(15-22(28-2)23(18)29-3)24(27)25-16-19-10-5-6-11-20(19)17-26-12-7-8-13-26/h4-6,9-11,14-15H,7-8,12-13,16-17H2,1-3H3,(H,25,27)/b9-4+. The van der Waals surface area contributed by atoms with Gasteiger partial charge in [-0.25, -0.2) is 0 Å². The second-order valence-corrected chi connectivity index (χ2v) is 7.24. The Kier molecular flexibility index (Phi) is 7.30. The molecular weight excluding hydrogens is 364 g/mol. The predicted octanol–water partition coefficient (Wildman–Crippen LogP) is 4.26. The highest BCUT2D eigenvalue weighted by Crippen LogP contribution is 2.33. The van der Waals surface area contributed by atoms with Crippen LogP contribution in [0.25, 0.3) is 6.08 Å². The zero-order chi connectivity index (χ0) is 20.6. The van der Waals surface area contributed by atoms with Crippen molar-refractivity contribution in [3.05, 3.63) is 64.7 Å². The zero-order valence-electron chi connectivity index (χ0n) is 17.5. The van der Waals surface area contributed by atoms with E-state index in [1.54, 1.807) is 20.3 Å². The minimum absolute atomic E-state index is 0.132. The lowest BCUT2D eigenvalue weighted by Gasteiger charge is -2.18. The molecule has 3 rings (SSSR count). The van der Waals surface area contributed by atoms with Crippen LogP contribution in [0.5, 0.6) is 11.5 Å². The smallest absolute Gasteiger partial charge is 0.251 e. The van der Waals surface area contributed by atoms with Gasteiger partial charge in [0, 0.05) is 24.2 Å². The molecule has 1 saturated heterocycles. The Balaban J connectivity index is 1.75. The number of amides is 1. The monoisotopic (exact) mass is 394 g/mol. The van der Waals surface area contributed by atoms with Crippen molar-refractivity contribution in [2.75, 3.05) is 27.3 Å². The molecular formula is C24H30N2O3. The molecule has 2 aromatic carbocycles. The Bertz CT molecular complexity index is 870. The minimum Gasteiger partial charge on any atom is -0.493 e. The fourth-order valence-electron chi connectivity index (χ4n) is 3.77. The van der Waals surface area contributed by atoms with Crippen LogP contribution in [-0.4, -0.2) is 38.1 Å². The molecule has 0 radical (unpaired) electrons. The van der Waals surface area contributed by atoms with Gasteiger partial charge in [-0.05, 0) is 56.1 Å². The molecule has 1 heterocycles. The second kappa shape index (κ2) is 10.1. The van der Waals surface area contributed by atoms with E-state index in [-0.39, 0.29) is 5.91 Å². The van der Waals surface area contributed by atoms with Gasteiger partial charge in [-0.3, -0.25) is 9.69 Å². The van der Waals surface area contributed by atoms with Gasteiger partial charge in [0.25, 0.3) is 5.91 Å². The molecule has 1 aliphatic rings. The first-order valence-corrected chi connectivity index (χ1v) is 10.1. The number of carbonyl (C=O) groups excluding carboxylic acids is 1. The quantitative estimate of drug-likeness (QED) is 0.727. The third kappa shape index (κ3) is 5.18. The zero-order valence-corrected chi connectivity index (χ0v) is 17.5. The Labute approximate surface area is 173 Å². The largest absolute Gasteiger partial charge is 0.493 e. The third-order valence-corrected chi connectivity index (χ3v) is 5.27. The summed E-state index contributed by atoms with van der Waals surface area (Å²) < 4.78 is 10.9. The number of allylic oxidation sites excluding steroid dienone is 1. The van der Waals surface area contributed by atoms with Gasteiger partial charge in [0.05, 0.1) is 14.2 Å². The number of ether oxygens (including phenoxy) is 2. The second-order valence-electron chi connectivity index (χ2n) is 7.24. The van der Waals surface area contributed by atoms with Crippen LogP contribution in [0.3, 0.4) is 0 Å². The minimum atomic E-state index is -0.132. The number of hydrogen-bond donors (Lipinski definition) is 1. The van der Waals surface area contributed by atoms with E-state index in [2.05, 4.69) is 28.4 Å². The molecule has 1 N–H and O–H groups in total. The van der Waals surface area contributed by atoms with Crippen molar-refractivity contribution in [1.82, 2.24) is 10.2 Å². The Hall–Kier alpha value is -2.79. The van der Waals surface area contributed by atoms with Crippen LogP contribution in [-0.2, 0) is 13.1 Å². The molecule has 1 amide bonds. The van der Waals surface area contributed by atoms with E-state index < -0.39 is 0 Å². The topological polar surface area (TPSA) is 50.8 Å². The molecule has 0 atom stereocenters. The molecule has 0 aliphatic carbocycles. The Morgan fingerprint density at radius 3 is 2.48 bits per heavy atom. The lowest BCUT2D eigenvalue weighted by molar-refractivity contribution is 0.0950. The van der Waals surface area contributed by atoms with Gasteiger partial charge in [-0.1, -0.05) is 36.4 Å². The van der Waals surface area contributed by atoms with Crippen molar-refractivity contribution in [3.63, 3.8) is 0 Å². The Morgan fingerprint density at radius 1 is 1.10 bits per heavy atom. The van der Waals surface area contributed by atoms with Crippen LogP contribution in [0.15, 0.2) is 42.5 Å². The molecule has 1 aliphatic heterocycles. The molecule has 0 bridgehead atoms. The van der Waals surface area contributed by atoms with E-state index in [0.717, 1.165) is 30.8 Å². The van der Waals surface area contributed by atoms with E-state index in [0.29, 0.717) is 23.6 Å². The van der Waals surface area contributed by atoms with Crippen LogP contribution >= 0.6 is 0 Å². The van der Waals surface area contributed by atoms with Gasteiger partial charge in [-0.15, -0.1) is 0 Å². The predicted molar refractivity (Wildman–Crippen MR) is 116 cm³/mol. The van der Waals surface area contributed by atoms with Gasteiger partial charge >= 0.3 is 0 Å². The van der Waals surface area contributed by atoms with E-state index in [9.17, 15) is 4.79 Å². The van der Waals surface area contributed by atoms with Gasteiger partial charge < -0.3 is 14.8 Å². The van der Waals surface area contributed by atoms with Crippen molar-refractivity contribution in [1.29, 1.82) is 0 Å². The number of nitrogens with zero attached hydrogens (tertiary/aromatic N) is 1. The number of carbonyl (C=O) groups is 1. The van der Waals surface area contributed by atoms with E-state index in [1.165, 1.54) is 18.4 Å². The van der Waals surface area contributed by atoms with Gasteiger partial charge in [-0.2, -0.15) is 0 Å². The van der Waals surface area contributed by atoms with Gasteiger partial charge in [0.2, 0.25) is 0 Å². The lowest BCUT2D eigenvalue weighted by Crippen LogP contribution is -2.25. The van der Waals surface area contributed by atoms with Crippen LogP contribution in [0.2, 0.25) is 0 Å². The van der Waals surface area contributed by atoms with Crippen molar-refractivity contribution in [2.24, 2.45) is 0 Å². The summed E-state index contributed by atoms with van der Waals surface area (Å²) in [5, 5.41) is 3.06. The van der Waals surface area contributed by atoms with E-state index in [1.807, 2.05) is 31.2 Å². The summed E-state index contributed by atoms with van der Waals surface area (Å²) in [6.45, 7) is 5.67. The maximum Gasteiger partial charge on any atom is 0.251 e. The van der Waals surface area contributed by atoms with Gasteiger partial charge in [0.1, 0.15) is 0 Å². The summed E-state index contributed by atoms with van der Waals surface area (Å²) in [5.41, 5.74) is 3.79. The first kappa shape index (κ1) is 20.9. The summed E-state index contributed by atoms with van der Waals surface area (Å²) in [4.78, 5) is 15.3. The van der Waals surface area contributed by atoms with Crippen molar-refractivity contribution in [2.45, 2.75) is 32.9 Å². The summed E-state index contributed by atoms with van der Waals surface area (Å²) >= 11 is 0. The summed E-state index contributed by atoms with van der Waals surface area (Å²) in [5.74, 6) is 1.04. The molecule has 154 valence electrons. The Morgan fingerprint density at radius 2 is 1.83 bits per heavy atom. The fraction of sp³-hybridized carbons (Fsp3) is 0.375. The fourth-order valence-corrected chi connectivity index (χ4v) is 3.77. The summed E-state index contributed by atoms with van der Waals surface area (Å²) in [6.07, 6.45) is 6.36. The molecule has 0 saturated carbocycles. The number of hydrogen-bond acceptors (Lipinski definition) is 4. The summed E-state index contributed by atoms with van der Waals surface area (Å²) in [7, 11) is 3.18. The normalized spacial score (nSPS) is 14.3. The average molecular weight is 395 g/mol.